The van der Waals surface area contributed by atoms with Crippen LogP contribution in [0.1, 0.15) is 0 Å². The van der Waals surface area contributed by atoms with E-state index in [1.807, 2.05) is 12.1 Å². The molecule has 1 saturated heterocycles. The maximum Gasteiger partial charge on any atom is 0.278 e. The van der Waals surface area contributed by atoms with Crippen LogP contribution in [0.4, 0.5) is 17.3 Å². The number of fused-ring (bicyclic) bond motifs is 1. The number of anilines is 3. The number of allylic oxidation sites excluding steroid dienone is 1. The van der Waals surface area contributed by atoms with Crippen LogP contribution in [0.5, 0.6) is 0 Å². The predicted octanol–water partition coefficient (Wildman–Crippen LogP) is 2.60. The summed E-state index contributed by atoms with van der Waals surface area (Å²) in [5.74, 6) is 0.597. The zero-order valence-electron chi connectivity index (χ0n) is 21.7. The van der Waals surface area contributed by atoms with Crippen molar-refractivity contribution in [3.05, 3.63) is 71.7 Å². The fourth-order valence-corrected chi connectivity index (χ4v) is 5.26. The van der Waals surface area contributed by atoms with Gasteiger partial charge in [-0.25, -0.2) is 23.5 Å². The molecule has 13 heteroatoms. The van der Waals surface area contributed by atoms with Crippen molar-refractivity contribution >= 4 is 38.1 Å². The van der Waals surface area contributed by atoms with Crippen LogP contribution in [-0.4, -0.2) is 72.9 Å². The highest BCUT2D eigenvalue weighted by Crippen LogP contribution is 2.23. The fraction of sp³-hybridized carbons (Fsp3) is 0.269. The summed E-state index contributed by atoms with van der Waals surface area (Å²) >= 11 is 0. The lowest BCUT2D eigenvalue weighted by Crippen LogP contribution is -2.44. The van der Waals surface area contributed by atoms with Gasteiger partial charge in [-0.15, -0.1) is 10.9 Å². The van der Waals surface area contributed by atoms with E-state index in [-0.39, 0.29) is 17.1 Å². The van der Waals surface area contributed by atoms with Crippen LogP contribution in [0.25, 0.3) is 16.9 Å². The van der Waals surface area contributed by atoms with Gasteiger partial charge >= 0.3 is 0 Å². The molecule has 5 rings (SSSR count). The number of nitriles is 1. The largest absolute Gasteiger partial charge is 0.369 e. The number of hydrogen-bond donors (Lipinski definition) is 1. The minimum atomic E-state index is -3.04. The number of nitrogens with zero attached hydrogens (tertiary/aromatic N) is 9. The molecule has 1 aromatic carbocycles. The van der Waals surface area contributed by atoms with Crippen molar-refractivity contribution in [1.29, 1.82) is 5.26 Å². The molecule has 4 heterocycles. The summed E-state index contributed by atoms with van der Waals surface area (Å²) in [6.07, 6.45) is 5.98. The van der Waals surface area contributed by atoms with Gasteiger partial charge in [0, 0.05) is 50.0 Å². The number of rotatable bonds is 7. The number of aromatic nitrogens is 5. The monoisotopic (exact) mass is 544 g/mol. The van der Waals surface area contributed by atoms with E-state index in [2.05, 4.69) is 60.2 Å². The summed E-state index contributed by atoms with van der Waals surface area (Å²) < 4.78 is 19.3. The Kier molecular flexibility index (Phi) is 7.14. The molecule has 1 N–H and O–H groups in total. The van der Waals surface area contributed by atoms with Crippen molar-refractivity contribution in [2.45, 2.75) is 11.6 Å². The molecule has 200 valence electrons. The van der Waals surface area contributed by atoms with Crippen LogP contribution >= 0.6 is 0 Å². The first-order valence-electron chi connectivity index (χ1n) is 12.3. The maximum absolute atomic E-state index is 13.2. The minimum Gasteiger partial charge on any atom is -0.369 e. The number of piperazine rings is 1. The Morgan fingerprint density at radius 3 is 2.59 bits per heavy atom. The van der Waals surface area contributed by atoms with Crippen LogP contribution in [-0.2, 0) is 16.3 Å². The van der Waals surface area contributed by atoms with Gasteiger partial charge in [-0.05, 0) is 43.4 Å². The van der Waals surface area contributed by atoms with Gasteiger partial charge in [0.25, 0.3) is 5.56 Å². The lowest BCUT2D eigenvalue weighted by Gasteiger charge is -2.34. The molecule has 12 nitrogen and oxygen atoms in total. The van der Waals surface area contributed by atoms with Gasteiger partial charge in [-0.3, -0.25) is 4.79 Å². The lowest BCUT2D eigenvalue weighted by atomic mass is 10.2. The molecule has 1 unspecified atom stereocenters. The highest BCUT2D eigenvalue weighted by Gasteiger charge is 2.19. The molecule has 3 aromatic heterocycles. The third kappa shape index (κ3) is 5.25. The average Bonchev–Trinajstić information content (AvgIpc) is 3.20. The molecule has 1 atom stereocenters. The molecule has 0 bridgehead atoms. The van der Waals surface area contributed by atoms with E-state index >= 15 is 0 Å². The predicted molar refractivity (Wildman–Crippen MR) is 151 cm³/mol. The Bertz CT molecular complexity index is 1750. The second kappa shape index (κ2) is 10.7. The SMILES string of the molecule is C=CCn1c(=O)c2cnc(Nc3ccc(N4CCN(C)CC4)cc3)nc2n1-c1cccc(S(C)(=O)=NC#N)n1. The molecule has 0 saturated carbocycles. The van der Waals surface area contributed by atoms with Crippen LogP contribution < -0.4 is 15.8 Å². The molecule has 0 radical (unpaired) electrons. The summed E-state index contributed by atoms with van der Waals surface area (Å²) in [6, 6.07) is 12.9. The summed E-state index contributed by atoms with van der Waals surface area (Å²) in [5, 5.41) is 12.6. The van der Waals surface area contributed by atoms with Crippen molar-refractivity contribution in [1.82, 2.24) is 29.2 Å². The van der Waals surface area contributed by atoms with Crippen molar-refractivity contribution in [3.8, 4) is 12.0 Å². The number of hydrogen-bond acceptors (Lipinski definition) is 10. The smallest absolute Gasteiger partial charge is 0.278 e. The quantitative estimate of drug-likeness (QED) is 0.275. The molecule has 39 heavy (non-hydrogen) atoms. The normalized spacial score (nSPS) is 15.5. The maximum atomic E-state index is 13.2. The second-order valence-corrected chi connectivity index (χ2v) is 11.4. The van der Waals surface area contributed by atoms with Crippen LogP contribution in [0.3, 0.4) is 0 Å². The van der Waals surface area contributed by atoms with E-state index < -0.39 is 9.73 Å². The standard InChI is InChI=1S/C26H28N10O2S/c1-4-12-35-25(37)21-17-28-26(30-19-8-10-20(11-9-19)34-15-13-33(2)14-16-34)32-24(21)36(35)22-6-5-7-23(31-22)39(3,38)29-18-27/h4-11,17H,1,12-16H2,2-3H3,(H,28,30,32). The molecule has 0 spiro atoms. The van der Waals surface area contributed by atoms with Gasteiger partial charge in [0.1, 0.15) is 20.1 Å². The Balaban J connectivity index is 1.52. The van der Waals surface area contributed by atoms with Crippen LogP contribution in [0.15, 0.2) is 75.5 Å². The second-order valence-electron chi connectivity index (χ2n) is 9.21. The molecular formula is C26H28N10O2S. The summed E-state index contributed by atoms with van der Waals surface area (Å²) in [5.41, 5.74) is 1.95. The zero-order chi connectivity index (χ0) is 27.6. The van der Waals surface area contributed by atoms with E-state index in [1.54, 1.807) is 24.4 Å². The van der Waals surface area contributed by atoms with E-state index in [1.165, 1.54) is 27.9 Å². The Hall–Kier alpha value is -4.54. The number of benzene rings is 1. The highest BCUT2D eigenvalue weighted by molar-refractivity contribution is 7.93. The van der Waals surface area contributed by atoms with E-state index in [9.17, 15) is 9.00 Å². The minimum absolute atomic E-state index is 0.119. The molecule has 1 fully saturated rings. The van der Waals surface area contributed by atoms with Crippen molar-refractivity contribution in [2.24, 2.45) is 4.36 Å². The van der Waals surface area contributed by atoms with Gasteiger partial charge in [0.05, 0.1) is 6.54 Å². The van der Waals surface area contributed by atoms with Gasteiger partial charge in [-0.2, -0.15) is 10.2 Å². The number of pyridine rings is 1. The summed E-state index contributed by atoms with van der Waals surface area (Å²) in [7, 11) is -0.914. The van der Waals surface area contributed by atoms with Crippen LogP contribution in [0, 0.1) is 11.5 Å². The van der Waals surface area contributed by atoms with Gasteiger partial charge in [0.2, 0.25) is 12.1 Å². The van der Waals surface area contributed by atoms with E-state index in [4.69, 9.17) is 5.26 Å². The number of nitrogens with one attached hydrogen (secondary N) is 1. The Morgan fingerprint density at radius 1 is 1.15 bits per heavy atom. The first-order chi connectivity index (χ1) is 18.8. The lowest BCUT2D eigenvalue weighted by molar-refractivity contribution is 0.313. The molecule has 0 amide bonds. The number of likely N-dealkylation sites (N-methyl/N-ethyl adjacent to an activating group) is 1. The van der Waals surface area contributed by atoms with Crippen molar-refractivity contribution < 1.29 is 4.21 Å². The molecule has 1 aliphatic rings. The van der Waals surface area contributed by atoms with E-state index in [0.717, 1.165) is 37.6 Å². The molecule has 1 aliphatic heterocycles. The third-order valence-electron chi connectivity index (χ3n) is 6.50. The molecule has 4 aromatic rings. The van der Waals surface area contributed by atoms with E-state index in [0.29, 0.717) is 22.8 Å². The van der Waals surface area contributed by atoms with Gasteiger partial charge < -0.3 is 15.1 Å². The molecule has 0 aliphatic carbocycles. The zero-order valence-corrected chi connectivity index (χ0v) is 22.5. The average molecular weight is 545 g/mol. The Morgan fingerprint density at radius 2 is 1.90 bits per heavy atom. The van der Waals surface area contributed by atoms with Crippen LogP contribution in [0.2, 0.25) is 0 Å². The molecular weight excluding hydrogens is 516 g/mol. The first kappa shape index (κ1) is 26.1. The third-order valence-corrected chi connectivity index (χ3v) is 7.93. The summed E-state index contributed by atoms with van der Waals surface area (Å²) in [4.78, 5) is 31.4. The van der Waals surface area contributed by atoms with Gasteiger partial charge in [0.15, 0.2) is 11.5 Å². The topological polar surface area (TPSA) is 137 Å². The fourth-order valence-electron chi connectivity index (χ4n) is 4.42. The summed E-state index contributed by atoms with van der Waals surface area (Å²) in [6.45, 7) is 7.96. The first-order valence-corrected chi connectivity index (χ1v) is 14.2. The Labute approximate surface area is 226 Å². The van der Waals surface area contributed by atoms with Crippen molar-refractivity contribution in [3.63, 3.8) is 0 Å². The highest BCUT2D eigenvalue weighted by atomic mass is 32.2. The van der Waals surface area contributed by atoms with Gasteiger partial charge in [-0.1, -0.05) is 12.1 Å². The van der Waals surface area contributed by atoms with Crippen molar-refractivity contribution in [2.75, 3.05) is 49.7 Å².